The van der Waals surface area contributed by atoms with Crippen molar-refractivity contribution < 1.29 is 27.5 Å². The molecule has 7 heteroatoms. The molecule has 2 aromatic rings. The van der Waals surface area contributed by atoms with Crippen LogP contribution in [0.15, 0.2) is 54.6 Å². The van der Waals surface area contributed by atoms with Crippen LogP contribution in [0, 0.1) is 0 Å². The first kappa shape index (κ1) is 17.5. The van der Waals surface area contributed by atoms with Gasteiger partial charge in [-0.05, 0) is 17.7 Å². The molecule has 2 rings (SSSR count). The van der Waals surface area contributed by atoms with Gasteiger partial charge in [0.1, 0.15) is 0 Å². The minimum atomic E-state index is -4.68. The van der Waals surface area contributed by atoms with E-state index in [1.54, 1.807) is 24.3 Å². The van der Waals surface area contributed by atoms with Crippen LogP contribution in [0.25, 0.3) is 0 Å². The third kappa shape index (κ3) is 4.84. The molecule has 0 spiro atoms. The van der Waals surface area contributed by atoms with Gasteiger partial charge in [-0.3, -0.25) is 4.79 Å². The highest BCUT2D eigenvalue weighted by molar-refractivity contribution is 5.92. The average Bonchev–Trinajstić information content (AvgIpc) is 2.58. The lowest BCUT2D eigenvalue weighted by atomic mass is 10.1. The number of hydrogen-bond donors (Lipinski definition) is 1. The van der Waals surface area contributed by atoms with E-state index in [-0.39, 0.29) is 6.54 Å². The molecule has 1 amide bonds. The topological polar surface area (TPSA) is 55.4 Å². The monoisotopic (exact) mass is 337 g/mol. The molecule has 0 unspecified atom stereocenters. The van der Waals surface area contributed by atoms with Gasteiger partial charge in [-0.15, -0.1) is 0 Å². The minimum Gasteiger partial charge on any atom is -0.452 e. The fourth-order valence-corrected chi connectivity index (χ4v) is 1.96. The number of benzene rings is 2. The van der Waals surface area contributed by atoms with E-state index in [9.17, 15) is 22.8 Å². The van der Waals surface area contributed by atoms with E-state index in [4.69, 9.17) is 0 Å². The number of hydrogen-bond acceptors (Lipinski definition) is 3. The molecular weight excluding hydrogens is 323 g/mol. The lowest BCUT2D eigenvalue weighted by Gasteiger charge is -2.12. The van der Waals surface area contributed by atoms with E-state index >= 15 is 0 Å². The molecular formula is C17H14F3NO3. The maximum atomic E-state index is 12.8. The highest BCUT2D eigenvalue weighted by atomic mass is 19.4. The van der Waals surface area contributed by atoms with Gasteiger partial charge in [0, 0.05) is 6.54 Å². The molecule has 0 aliphatic heterocycles. The van der Waals surface area contributed by atoms with Crippen LogP contribution < -0.4 is 5.32 Å². The van der Waals surface area contributed by atoms with Crippen molar-refractivity contribution in [3.05, 3.63) is 71.3 Å². The fourth-order valence-electron chi connectivity index (χ4n) is 1.96. The second-order valence-corrected chi connectivity index (χ2v) is 4.88. The predicted molar refractivity (Wildman–Crippen MR) is 80.0 cm³/mol. The summed E-state index contributed by atoms with van der Waals surface area (Å²) in [6, 6.07) is 13.3. The number of halogens is 3. The van der Waals surface area contributed by atoms with Crippen LogP contribution in [-0.4, -0.2) is 18.5 Å². The molecule has 0 bridgehead atoms. The number of carbonyl (C=O) groups is 2. The first-order valence-corrected chi connectivity index (χ1v) is 7.02. The maximum Gasteiger partial charge on any atom is 0.417 e. The fraction of sp³-hybridized carbons (Fsp3) is 0.176. The van der Waals surface area contributed by atoms with Crippen LogP contribution in [0.5, 0.6) is 0 Å². The van der Waals surface area contributed by atoms with E-state index < -0.39 is 35.8 Å². The molecule has 0 aliphatic rings. The molecule has 0 aliphatic carbocycles. The summed E-state index contributed by atoms with van der Waals surface area (Å²) >= 11 is 0. The lowest BCUT2D eigenvalue weighted by Crippen LogP contribution is -2.28. The lowest BCUT2D eigenvalue weighted by molar-refractivity contribution is -0.138. The zero-order chi connectivity index (χ0) is 17.6. The van der Waals surface area contributed by atoms with Crippen molar-refractivity contribution in [1.29, 1.82) is 0 Å². The number of nitrogens with one attached hydrogen (secondary N) is 1. The minimum absolute atomic E-state index is 0.233. The number of ether oxygens (including phenoxy) is 1. The summed E-state index contributed by atoms with van der Waals surface area (Å²) in [5.41, 5.74) is -0.875. The van der Waals surface area contributed by atoms with Gasteiger partial charge in [0.2, 0.25) is 0 Å². The Kier molecular flexibility index (Phi) is 5.57. The SMILES string of the molecule is O=C(COC(=O)c1ccccc1C(F)(F)F)NCc1ccccc1. The first-order valence-electron chi connectivity index (χ1n) is 7.02. The smallest absolute Gasteiger partial charge is 0.417 e. The van der Waals surface area contributed by atoms with Crippen molar-refractivity contribution in [2.45, 2.75) is 12.7 Å². The second-order valence-electron chi connectivity index (χ2n) is 4.88. The highest BCUT2D eigenvalue weighted by Gasteiger charge is 2.35. The summed E-state index contributed by atoms with van der Waals surface area (Å²) in [6.07, 6.45) is -4.68. The standard InChI is InChI=1S/C17H14F3NO3/c18-17(19,20)14-9-5-4-8-13(14)16(23)24-11-15(22)21-10-12-6-2-1-3-7-12/h1-9H,10-11H2,(H,21,22). The molecule has 0 aromatic heterocycles. The number of rotatable bonds is 5. The molecule has 0 heterocycles. The van der Waals surface area contributed by atoms with Crippen LogP contribution in [0.3, 0.4) is 0 Å². The molecule has 0 fully saturated rings. The molecule has 0 atom stereocenters. The van der Waals surface area contributed by atoms with E-state index in [0.29, 0.717) is 0 Å². The van der Waals surface area contributed by atoms with Gasteiger partial charge in [-0.1, -0.05) is 42.5 Å². The van der Waals surface area contributed by atoms with E-state index in [1.165, 1.54) is 12.1 Å². The molecule has 24 heavy (non-hydrogen) atoms. The molecule has 2 aromatic carbocycles. The Bertz CT molecular complexity index is 715. The normalized spacial score (nSPS) is 11.0. The van der Waals surface area contributed by atoms with Gasteiger partial charge in [-0.2, -0.15) is 13.2 Å². The molecule has 0 saturated carbocycles. The van der Waals surface area contributed by atoms with Crippen LogP contribution in [0.4, 0.5) is 13.2 Å². The summed E-state index contributed by atoms with van der Waals surface area (Å²) in [5, 5.41) is 2.51. The number of alkyl halides is 3. The Labute approximate surface area is 136 Å². The summed E-state index contributed by atoms with van der Waals surface area (Å²) in [4.78, 5) is 23.4. The third-order valence-corrected chi connectivity index (χ3v) is 3.12. The van der Waals surface area contributed by atoms with Gasteiger partial charge in [0.25, 0.3) is 5.91 Å². The number of amides is 1. The third-order valence-electron chi connectivity index (χ3n) is 3.12. The average molecular weight is 337 g/mol. The number of carbonyl (C=O) groups excluding carboxylic acids is 2. The van der Waals surface area contributed by atoms with Crippen molar-refractivity contribution >= 4 is 11.9 Å². The molecule has 126 valence electrons. The van der Waals surface area contributed by atoms with Crippen molar-refractivity contribution in [3.63, 3.8) is 0 Å². The van der Waals surface area contributed by atoms with E-state index in [2.05, 4.69) is 10.1 Å². The Morgan fingerprint density at radius 1 is 0.958 bits per heavy atom. The molecule has 4 nitrogen and oxygen atoms in total. The number of esters is 1. The van der Waals surface area contributed by atoms with Crippen LogP contribution >= 0.6 is 0 Å². The van der Waals surface area contributed by atoms with Gasteiger partial charge in [-0.25, -0.2) is 4.79 Å². The maximum absolute atomic E-state index is 12.8. The van der Waals surface area contributed by atoms with Crippen molar-refractivity contribution in [1.82, 2.24) is 5.32 Å². The predicted octanol–water partition coefficient (Wildman–Crippen LogP) is 3.18. The summed E-state index contributed by atoms with van der Waals surface area (Å²) in [5.74, 6) is -1.80. The van der Waals surface area contributed by atoms with E-state index in [0.717, 1.165) is 17.7 Å². The summed E-state index contributed by atoms with van der Waals surface area (Å²) < 4.78 is 43.2. The second kappa shape index (κ2) is 7.63. The van der Waals surface area contributed by atoms with Crippen molar-refractivity contribution in [2.24, 2.45) is 0 Å². The molecule has 1 N–H and O–H groups in total. The van der Waals surface area contributed by atoms with Gasteiger partial charge in [0.15, 0.2) is 6.61 Å². The first-order chi connectivity index (χ1) is 11.4. The van der Waals surface area contributed by atoms with Gasteiger partial charge < -0.3 is 10.1 Å². The highest BCUT2D eigenvalue weighted by Crippen LogP contribution is 2.32. The van der Waals surface area contributed by atoms with Gasteiger partial charge in [0.05, 0.1) is 11.1 Å². The van der Waals surface area contributed by atoms with Crippen molar-refractivity contribution in [2.75, 3.05) is 6.61 Å². The zero-order valence-corrected chi connectivity index (χ0v) is 12.5. The van der Waals surface area contributed by atoms with Crippen molar-refractivity contribution in [3.8, 4) is 0 Å². The zero-order valence-electron chi connectivity index (χ0n) is 12.5. The summed E-state index contributed by atoms with van der Waals surface area (Å²) in [7, 11) is 0. The quantitative estimate of drug-likeness (QED) is 0.853. The Morgan fingerprint density at radius 3 is 2.25 bits per heavy atom. The van der Waals surface area contributed by atoms with E-state index in [1.807, 2.05) is 6.07 Å². The largest absolute Gasteiger partial charge is 0.452 e. The van der Waals surface area contributed by atoms with Gasteiger partial charge >= 0.3 is 12.1 Å². The Balaban J connectivity index is 1.90. The Hall–Kier alpha value is -2.83. The molecule has 0 saturated heterocycles. The van der Waals surface area contributed by atoms with Crippen LogP contribution in [0.2, 0.25) is 0 Å². The molecule has 0 radical (unpaired) electrons. The Morgan fingerprint density at radius 2 is 1.58 bits per heavy atom. The summed E-state index contributed by atoms with van der Waals surface area (Å²) in [6.45, 7) is -0.422. The van der Waals surface area contributed by atoms with Crippen LogP contribution in [-0.2, 0) is 22.3 Å². The van der Waals surface area contributed by atoms with Crippen LogP contribution in [0.1, 0.15) is 21.5 Å².